The van der Waals surface area contributed by atoms with Crippen molar-refractivity contribution in [3.63, 3.8) is 0 Å². The molecule has 116 valence electrons. The van der Waals surface area contributed by atoms with Gasteiger partial charge in [-0.25, -0.2) is 0 Å². The van der Waals surface area contributed by atoms with Crippen LogP contribution in [-0.2, 0) is 9.53 Å². The predicted molar refractivity (Wildman–Crippen MR) is 80.7 cm³/mol. The van der Waals surface area contributed by atoms with Crippen molar-refractivity contribution >= 4 is 5.97 Å². The van der Waals surface area contributed by atoms with Crippen molar-refractivity contribution in [1.82, 2.24) is 10.2 Å². The van der Waals surface area contributed by atoms with Crippen LogP contribution in [0.15, 0.2) is 0 Å². The van der Waals surface area contributed by atoms with Crippen LogP contribution in [-0.4, -0.2) is 49.2 Å². The number of methoxy groups -OCH3 is 1. The highest BCUT2D eigenvalue weighted by molar-refractivity contribution is 5.81. The third-order valence-electron chi connectivity index (χ3n) is 5.64. The maximum atomic E-state index is 12.2. The second kappa shape index (κ2) is 6.02. The summed E-state index contributed by atoms with van der Waals surface area (Å²) in [5.74, 6) is 0.319. The van der Waals surface area contributed by atoms with E-state index in [1.165, 1.54) is 26.5 Å². The van der Waals surface area contributed by atoms with Crippen molar-refractivity contribution < 1.29 is 9.53 Å². The molecule has 4 heteroatoms. The second-order valence-corrected chi connectivity index (χ2v) is 6.99. The van der Waals surface area contributed by atoms with Gasteiger partial charge in [-0.3, -0.25) is 9.69 Å². The summed E-state index contributed by atoms with van der Waals surface area (Å²) in [6.45, 7) is 6.96. The number of nitrogens with one attached hydrogen (secondary N) is 1. The van der Waals surface area contributed by atoms with Gasteiger partial charge in [0, 0.05) is 5.54 Å². The maximum absolute atomic E-state index is 12.2. The lowest BCUT2D eigenvalue weighted by molar-refractivity contribution is -0.150. The number of carbonyl (C=O) groups excluding carboxylic acids is 1. The molecule has 1 N–H and O–H groups in total. The van der Waals surface area contributed by atoms with E-state index in [0.29, 0.717) is 11.5 Å². The molecule has 1 saturated carbocycles. The molecule has 0 amide bonds. The smallest absolute Gasteiger partial charge is 0.326 e. The van der Waals surface area contributed by atoms with E-state index in [2.05, 4.69) is 24.1 Å². The van der Waals surface area contributed by atoms with Gasteiger partial charge in [0.1, 0.15) is 5.54 Å². The Kier molecular flexibility index (Phi) is 4.75. The van der Waals surface area contributed by atoms with E-state index in [4.69, 9.17) is 4.74 Å². The SMILES string of the molecule is CNC1(C(=O)OC)CCCC1CCN1CCCC1(C)C. The fourth-order valence-corrected chi connectivity index (χ4v) is 4.24. The first kappa shape index (κ1) is 15.8. The molecule has 4 nitrogen and oxygen atoms in total. The van der Waals surface area contributed by atoms with Crippen molar-refractivity contribution in [3.05, 3.63) is 0 Å². The molecule has 1 aliphatic heterocycles. The van der Waals surface area contributed by atoms with Gasteiger partial charge in [-0.2, -0.15) is 0 Å². The molecule has 2 atom stereocenters. The average molecular weight is 282 g/mol. The Balaban J connectivity index is 1.99. The van der Waals surface area contributed by atoms with Crippen LogP contribution in [0, 0.1) is 5.92 Å². The van der Waals surface area contributed by atoms with E-state index >= 15 is 0 Å². The van der Waals surface area contributed by atoms with Crippen LogP contribution in [0.4, 0.5) is 0 Å². The number of carbonyl (C=O) groups is 1. The van der Waals surface area contributed by atoms with E-state index in [9.17, 15) is 4.79 Å². The van der Waals surface area contributed by atoms with Gasteiger partial charge in [-0.05, 0) is 72.0 Å². The van der Waals surface area contributed by atoms with Gasteiger partial charge < -0.3 is 10.1 Å². The van der Waals surface area contributed by atoms with Gasteiger partial charge in [0.05, 0.1) is 7.11 Å². The van der Waals surface area contributed by atoms with Gasteiger partial charge in [0.15, 0.2) is 0 Å². The van der Waals surface area contributed by atoms with Crippen molar-refractivity contribution in [2.24, 2.45) is 5.92 Å². The molecule has 0 aromatic heterocycles. The minimum Gasteiger partial charge on any atom is -0.468 e. The fourth-order valence-electron chi connectivity index (χ4n) is 4.24. The highest BCUT2D eigenvalue weighted by Gasteiger charge is 2.48. The first-order valence-electron chi connectivity index (χ1n) is 7.98. The minimum absolute atomic E-state index is 0.0804. The summed E-state index contributed by atoms with van der Waals surface area (Å²) in [6, 6.07) is 0. The van der Waals surface area contributed by atoms with E-state index in [-0.39, 0.29) is 5.97 Å². The summed E-state index contributed by atoms with van der Waals surface area (Å²) in [5.41, 5.74) is -0.120. The topological polar surface area (TPSA) is 41.6 Å². The summed E-state index contributed by atoms with van der Waals surface area (Å²) in [4.78, 5) is 14.8. The number of esters is 1. The standard InChI is InChI=1S/C16H30N2O2/c1-15(2)9-6-11-18(15)12-8-13-7-5-10-16(13,17-3)14(19)20-4/h13,17H,5-12H2,1-4H3. The van der Waals surface area contributed by atoms with Crippen LogP contribution in [0.25, 0.3) is 0 Å². The van der Waals surface area contributed by atoms with Crippen LogP contribution in [0.3, 0.4) is 0 Å². The van der Waals surface area contributed by atoms with Crippen molar-refractivity contribution in [3.8, 4) is 0 Å². The van der Waals surface area contributed by atoms with E-state index in [0.717, 1.165) is 32.2 Å². The third-order valence-corrected chi connectivity index (χ3v) is 5.64. The number of ether oxygens (including phenoxy) is 1. The number of rotatable bonds is 5. The van der Waals surface area contributed by atoms with Crippen molar-refractivity contribution in [1.29, 1.82) is 0 Å². The number of hydrogen-bond donors (Lipinski definition) is 1. The average Bonchev–Trinajstić information content (AvgIpc) is 2.99. The highest BCUT2D eigenvalue weighted by atomic mass is 16.5. The summed E-state index contributed by atoms with van der Waals surface area (Å²) in [5, 5.41) is 3.28. The first-order chi connectivity index (χ1) is 9.46. The Hall–Kier alpha value is -0.610. The molecule has 0 bridgehead atoms. The molecular formula is C16H30N2O2. The lowest BCUT2D eigenvalue weighted by Crippen LogP contribution is -2.54. The first-order valence-corrected chi connectivity index (χ1v) is 7.98. The Morgan fingerprint density at radius 1 is 1.35 bits per heavy atom. The fraction of sp³-hybridized carbons (Fsp3) is 0.938. The van der Waals surface area contributed by atoms with Crippen LogP contribution in [0.1, 0.15) is 52.4 Å². The molecular weight excluding hydrogens is 252 g/mol. The van der Waals surface area contributed by atoms with Gasteiger partial charge in [0.25, 0.3) is 0 Å². The third kappa shape index (κ3) is 2.73. The van der Waals surface area contributed by atoms with Gasteiger partial charge >= 0.3 is 5.97 Å². The van der Waals surface area contributed by atoms with Crippen molar-refractivity contribution in [2.75, 3.05) is 27.2 Å². The molecule has 0 aromatic rings. The van der Waals surface area contributed by atoms with Crippen LogP contribution in [0.5, 0.6) is 0 Å². The zero-order valence-electron chi connectivity index (χ0n) is 13.5. The Labute approximate surface area is 123 Å². The molecule has 2 aliphatic rings. The van der Waals surface area contributed by atoms with Crippen LogP contribution < -0.4 is 5.32 Å². The summed E-state index contributed by atoms with van der Waals surface area (Å²) < 4.78 is 5.06. The minimum atomic E-state index is -0.446. The monoisotopic (exact) mass is 282 g/mol. The molecule has 20 heavy (non-hydrogen) atoms. The lowest BCUT2D eigenvalue weighted by Gasteiger charge is -2.36. The number of nitrogens with zero attached hydrogens (tertiary/aromatic N) is 1. The van der Waals surface area contributed by atoms with Crippen LogP contribution >= 0.6 is 0 Å². The molecule has 2 fully saturated rings. The van der Waals surface area contributed by atoms with Gasteiger partial charge in [-0.1, -0.05) is 6.42 Å². The molecule has 2 unspecified atom stereocenters. The Bertz CT molecular complexity index is 356. The van der Waals surface area contributed by atoms with E-state index < -0.39 is 5.54 Å². The zero-order chi connectivity index (χ0) is 14.8. The molecule has 0 aromatic carbocycles. The molecule has 1 aliphatic carbocycles. The normalized spacial score (nSPS) is 33.5. The van der Waals surface area contributed by atoms with E-state index in [1.54, 1.807) is 0 Å². The second-order valence-electron chi connectivity index (χ2n) is 6.99. The molecule has 0 radical (unpaired) electrons. The highest BCUT2D eigenvalue weighted by Crippen LogP contribution is 2.39. The van der Waals surface area contributed by atoms with Crippen molar-refractivity contribution in [2.45, 2.75) is 63.5 Å². The number of likely N-dealkylation sites (tertiary alicyclic amines) is 1. The summed E-state index contributed by atoms with van der Waals surface area (Å²) in [6.07, 6.45) is 6.81. The lowest BCUT2D eigenvalue weighted by atomic mass is 9.84. The molecule has 1 saturated heterocycles. The number of likely N-dealkylation sites (N-methyl/N-ethyl adjacent to an activating group) is 1. The number of hydrogen-bond acceptors (Lipinski definition) is 4. The molecule has 1 heterocycles. The predicted octanol–water partition coefficient (Wildman–Crippen LogP) is 2.18. The molecule has 0 spiro atoms. The summed E-state index contributed by atoms with van der Waals surface area (Å²) >= 11 is 0. The van der Waals surface area contributed by atoms with Gasteiger partial charge in [0.2, 0.25) is 0 Å². The Morgan fingerprint density at radius 3 is 2.65 bits per heavy atom. The van der Waals surface area contributed by atoms with Crippen LogP contribution in [0.2, 0.25) is 0 Å². The maximum Gasteiger partial charge on any atom is 0.326 e. The Morgan fingerprint density at radius 2 is 2.10 bits per heavy atom. The van der Waals surface area contributed by atoms with Gasteiger partial charge in [-0.15, -0.1) is 0 Å². The zero-order valence-corrected chi connectivity index (χ0v) is 13.5. The van der Waals surface area contributed by atoms with E-state index in [1.807, 2.05) is 7.05 Å². The largest absolute Gasteiger partial charge is 0.468 e. The summed E-state index contributed by atoms with van der Waals surface area (Å²) in [7, 11) is 3.40. The molecule has 2 rings (SSSR count). The quantitative estimate of drug-likeness (QED) is 0.785.